The highest BCUT2D eigenvalue weighted by Crippen LogP contribution is 2.34. The Labute approximate surface area is 109 Å². The van der Waals surface area contributed by atoms with Crippen molar-refractivity contribution in [1.29, 1.82) is 5.26 Å². The van der Waals surface area contributed by atoms with Crippen molar-refractivity contribution >= 4 is 5.69 Å². The molecule has 1 aliphatic carbocycles. The van der Waals surface area contributed by atoms with Crippen LogP contribution in [0.3, 0.4) is 0 Å². The van der Waals surface area contributed by atoms with E-state index in [9.17, 15) is 5.26 Å². The molecule has 1 fully saturated rings. The lowest BCUT2D eigenvalue weighted by Gasteiger charge is -2.39. The monoisotopic (exact) mass is 244 g/mol. The first kappa shape index (κ1) is 12.9. The number of rotatable bonds is 3. The van der Waals surface area contributed by atoms with E-state index in [1.54, 1.807) is 7.11 Å². The summed E-state index contributed by atoms with van der Waals surface area (Å²) in [5.74, 6) is 0. The van der Waals surface area contributed by atoms with Crippen LogP contribution in [0.4, 0.5) is 5.69 Å². The number of anilines is 1. The Morgan fingerprint density at radius 1 is 1.39 bits per heavy atom. The van der Waals surface area contributed by atoms with E-state index in [1.165, 1.54) is 0 Å². The molecule has 2 rings (SSSR count). The van der Waals surface area contributed by atoms with Gasteiger partial charge in [-0.25, -0.2) is 0 Å². The number of benzene rings is 1. The standard InChI is InChI=1S/C15H20N2O/c1-12-7-3-4-8-13(12)17-15(11-16)10-6-5-9-14(15)18-2/h3-4,7-8,14,17H,5-6,9-10H2,1-2H3. The zero-order valence-electron chi connectivity index (χ0n) is 11.1. The van der Waals surface area contributed by atoms with Crippen LogP contribution >= 0.6 is 0 Å². The van der Waals surface area contributed by atoms with E-state index >= 15 is 0 Å². The SMILES string of the molecule is COC1CCCCC1(C#N)Nc1ccccc1C. The highest BCUT2D eigenvalue weighted by molar-refractivity contribution is 5.54. The van der Waals surface area contributed by atoms with Crippen molar-refractivity contribution in [3.63, 3.8) is 0 Å². The van der Waals surface area contributed by atoms with Gasteiger partial charge in [-0.05, 0) is 37.8 Å². The van der Waals surface area contributed by atoms with Gasteiger partial charge in [-0.1, -0.05) is 24.6 Å². The molecule has 1 aliphatic rings. The van der Waals surface area contributed by atoms with Crippen LogP contribution in [0.25, 0.3) is 0 Å². The second kappa shape index (κ2) is 5.41. The minimum Gasteiger partial charge on any atom is -0.378 e. The minimum atomic E-state index is -0.584. The van der Waals surface area contributed by atoms with Crippen LogP contribution in [0.1, 0.15) is 31.2 Å². The number of ether oxygens (including phenoxy) is 1. The summed E-state index contributed by atoms with van der Waals surface area (Å²) in [5.41, 5.74) is 1.61. The zero-order chi connectivity index (χ0) is 13.0. The summed E-state index contributed by atoms with van der Waals surface area (Å²) in [5, 5.41) is 13.0. The maximum absolute atomic E-state index is 9.60. The number of methoxy groups -OCH3 is 1. The molecule has 0 aliphatic heterocycles. The van der Waals surface area contributed by atoms with Gasteiger partial charge in [-0.2, -0.15) is 5.26 Å². The lowest BCUT2D eigenvalue weighted by Crippen LogP contribution is -2.51. The smallest absolute Gasteiger partial charge is 0.151 e. The summed E-state index contributed by atoms with van der Waals surface area (Å²) in [7, 11) is 1.70. The van der Waals surface area contributed by atoms with E-state index < -0.39 is 5.54 Å². The largest absolute Gasteiger partial charge is 0.378 e. The highest BCUT2D eigenvalue weighted by atomic mass is 16.5. The van der Waals surface area contributed by atoms with E-state index in [0.717, 1.165) is 36.9 Å². The second-order valence-electron chi connectivity index (χ2n) is 4.99. The van der Waals surface area contributed by atoms with Gasteiger partial charge in [-0.3, -0.25) is 0 Å². The van der Waals surface area contributed by atoms with Crippen LogP contribution in [0, 0.1) is 18.3 Å². The fraction of sp³-hybridized carbons (Fsp3) is 0.533. The van der Waals surface area contributed by atoms with Gasteiger partial charge in [0.2, 0.25) is 0 Å². The zero-order valence-corrected chi connectivity index (χ0v) is 11.1. The van der Waals surface area contributed by atoms with Crippen LogP contribution in [0.15, 0.2) is 24.3 Å². The maximum atomic E-state index is 9.60. The summed E-state index contributed by atoms with van der Waals surface area (Å²) in [4.78, 5) is 0. The molecule has 96 valence electrons. The molecule has 0 bridgehead atoms. The maximum Gasteiger partial charge on any atom is 0.151 e. The third kappa shape index (κ3) is 2.34. The molecule has 0 aromatic heterocycles. The van der Waals surface area contributed by atoms with Gasteiger partial charge in [-0.15, -0.1) is 0 Å². The van der Waals surface area contributed by atoms with Gasteiger partial charge >= 0.3 is 0 Å². The van der Waals surface area contributed by atoms with Crippen molar-refractivity contribution in [2.75, 3.05) is 12.4 Å². The van der Waals surface area contributed by atoms with E-state index in [0.29, 0.717) is 0 Å². The Bertz CT molecular complexity index is 452. The van der Waals surface area contributed by atoms with Gasteiger partial charge in [0.1, 0.15) is 0 Å². The Hall–Kier alpha value is -1.53. The Morgan fingerprint density at radius 2 is 2.17 bits per heavy atom. The molecule has 1 aromatic rings. The number of hydrogen-bond donors (Lipinski definition) is 1. The molecule has 0 amide bonds. The predicted molar refractivity (Wildman–Crippen MR) is 72.4 cm³/mol. The van der Waals surface area contributed by atoms with E-state index in [2.05, 4.69) is 24.4 Å². The molecule has 1 aromatic carbocycles. The van der Waals surface area contributed by atoms with Gasteiger partial charge in [0, 0.05) is 12.8 Å². The van der Waals surface area contributed by atoms with Gasteiger partial charge in [0.15, 0.2) is 5.54 Å². The second-order valence-corrected chi connectivity index (χ2v) is 4.99. The molecule has 2 atom stereocenters. The number of nitriles is 1. The average molecular weight is 244 g/mol. The van der Waals surface area contributed by atoms with Crippen molar-refractivity contribution in [3.05, 3.63) is 29.8 Å². The molecular weight excluding hydrogens is 224 g/mol. The van der Waals surface area contributed by atoms with Crippen molar-refractivity contribution in [3.8, 4) is 6.07 Å². The Morgan fingerprint density at radius 3 is 2.83 bits per heavy atom. The molecule has 0 radical (unpaired) electrons. The first-order chi connectivity index (χ1) is 8.72. The number of nitrogens with one attached hydrogen (secondary N) is 1. The number of nitrogens with zero attached hydrogens (tertiary/aromatic N) is 1. The van der Waals surface area contributed by atoms with Crippen LogP contribution in [-0.4, -0.2) is 18.8 Å². The third-order valence-electron chi connectivity index (χ3n) is 3.82. The van der Waals surface area contributed by atoms with Crippen LogP contribution < -0.4 is 5.32 Å². The molecule has 0 saturated heterocycles. The third-order valence-corrected chi connectivity index (χ3v) is 3.82. The van der Waals surface area contributed by atoms with Gasteiger partial charge in [0.05, 0.1) is 12.2 Å². The Kier molecular flexibility index (Phi) is 3.88. The van der Waals surface area contributed by atoms with Crippen molar-refractivity contribution in [2.45, 2.75) is 44.2 Å². The fourth-order valence-corrected chi connectivity index (χ4v) is 2.71. The molecule has 0 spiro atoms. The quantitative estimate of drug-likeness (QED) is 0.887. The Balaban J connectivity index is 2.28. The van der Waals surface area contributed by atoms with Crippen molar-refractivity contribution in [1.82, 2.24) is 0 Å². The lowest BCUT2D eigenvalue weighted by molar-refractivity contribution is 0.0369. The van der Waals surface area contributed by atoms with Gasteiger partial charge in [0.25, 0.3) is 0 Å². The number of aryl methyl sites for hydroxylation is 1. The topological polar surface area (TPSA) is 45.0 Å². The molecule has 3 nitrogen and oxygen atoms in total. The van der Waals surface area contributed by atoms with E-state index in [-0.39, 0.29) is 6.10 Å². The van der Waals surface area contributed by atoms with Crippen molar-refractivity contribution in [2.24, 2.45) is 0 Å². The molecule has 18 heavy (non-hydrogen) atoms. The number of hydrogen-bond acceptors (Lipinski definition) is 3. The summed E-state index contributed by atoms with van der Waals surface area (Å²) in [6.07, 6.45) is 3.97. The number of para-hydroxylation sites is 1. The predicted octanol–water partition coefficient (Wildman–Crippen LogP) is 3.26. The van der Waals surface area contributed by atoms with Gasteiger partial charge < -0.3 is 10.1 Å². The molecule has 0 heterocycles. The summed E-state index contributed by atoms with van der Waals surface area (Å²) in [6, 6.07) is 10.5. The average Bonchev–Trinajstić information content (AvgIpc) is 2.42. The first-order valence-corrected chi connectivity index (χ1v) is 6.50. The van der Waals surface area contributed by atoms with Crippen LogP contribution in [0.2, 0.25) is 0 Å². The van der Waals surface area contributed by atoms with Crippen molar-refractivity contribution < 1.29 is 4.74 Å². The summed E-state index contributed by atoms with van der Waals surface area (Å²) >= 11 is 0. The normalized spacial score (nSPS) is 27.5. The fourth-order valence-electron chi connectivity index (χ4n) is 2.71. The minimum absolute atomic E-state index is 0.0316. The van der Waals surface area contributed by atoms with E-state index in [1.807, 2.05) is 18.2 Å². The van der Waals surface area contributed by atoms with E-state index in [4.69, 9.17) is 4.74 Å². The van der Waals surface area contributed by atoms with Crippen LogP contribution in [0.5, 0.6) is 0 Å². The van der Waals surface area contributed by atoms with Crippen LogP contribution in [-0.2, 0) is 4.74 Å². The summed E-state index contributed by atoms with van der Waals surface area (Å²) < 4.78 is 5.53. The molecule has 1 saturated carbocycles. The highest BCUT2D eigenvalue weighted by Gasteiger charge is 2.41. The molecular formula is C15H20N2O. The molecule has 3 heteroatoms. The lowest BCUT2D eigenvalue weighted by atomic mass is 9.79. The first-order valence-electron chi connectivity index (χ1n) is 6.50. The molecule has 2 unspecified atom stereocenters. The summed E-state index contributed by atoms with van der Waals surface area (Å²) in [6.45, 7) is 2.05. The molecule has 1 N–H and O–H groups in total.